The number of halogens is 1. The van der Waals surface area contributed by atoms with Gasteiger partial charge >= 0.3 is 6.09 Å². The van der Waals surface area contributed by atoms with Gasteiger partial charge in [0.2, 0.25) is 0 Å². The highest BCUT2D eigenvalue weighted by atomic mass is 19.1. The molecule has 1 aliphatic heterocycles. The molecule has 1 saturated heterocycles. The van der Waals surface area contributed by atoms with E-state index < -0.39 is 11.9 Å². The molecule has 0 radical (unpaired) electrons. The van der Waals surface area contributed by atoms with E-state index in [4.69, 9.17) is 4.74 Å². The number of hydrogen-bond donors (Lipinski definition) is 1. The lowest BCUT2D eigenvalue weighted by Crippen LogP contribution is -2.28. The molecule has 10 heteroatoms. The van der Waals surface area contributed by atoms with Gasteiger partial charge in [-0.2, -0.15) is 4.68 Å². The van der Waals surface area contributed by atoms with Gasteiger partial charge in [-0.25, -0.2) is 14.2 Å². The number of nitrogens with one attached hydrogen (secondary N) is 1. The third-order valence-electron chi connectivity index (χ3n) is 4.27. The van der Waals surface area contributed by atoms with E-state index in [1.807, 2.05) is 0 Å². The van der Waals surface area contributed by atoms with Crippen LogP contribution in [0.2, 0.25) is 0 Å². The Morgan fingerprint density at radius 3 is 2.93 bits per heavy atom. The van der Waals surface area contributed by atoms with Crippen LogP contribution in [-0.2, 0) is 4.74 Å². The molecule has 1 N–H and O–H groups in total. The molecule has 2 aromatic heterocycles. The topological polar surface area (TPSA) is 98.1 Å². The Bertz CT molecular complexity index is 992. The number of tetrazole rings is 1. The van der Waals surface area contributed by atoms with Crippen molar-refractivity contribution < 1.29 is 13.9 Å². The van der Waals surface area contributed by atoms with Crippen molar-refractivity contribution in [3.05, 3.63) is 61.5 Å². The van der Waals surface area contributed by atoms with Crippen LogP contribution < -0.4 is 10.2 Å². The van der Waals surface area contributed by atoms with E-state index in [0.29, 0.717) is 35.7 Å². The molecule has 1 atom stereocenters. The maximum atomic E-state index is 14.7. The Labute approximate surface area is 159 Å². The van der Waals surface area contributed by atoms with Gasteiger partial charge in [-0.1, -0.05) is 6.58 Å². The normalized spacial score (nSPS) is 16.1. The molecule has 1 amide bonds. The molecule has 0 aliphatic carbocycles. The summed E-state index contributed by atoms with van der Waals surface area (Å²) < 4.78 is 21.4. The highest BCUT2D eigenvalue weighted by Crippen LogP contribution is 2.29. The summed E-state index contributed by atoms with van der Waals surface area (Å²) in [5.74, 6) is 0.0553. The van der Waals surface area contributed by atoms with Crippen molar-refractivity contribution >= 4 is 11.8 Å². The SMILES string of the molecule is C=CNC[C@H]1CN(c2ccc(-c3ccc(-n4cnnn4)nc3)c(F)c2)C(=O)O1. The van der Waals surface area contributed by atoms with Crippen molar-refractivity contribution in [1.29, 1.82) is 0 Å². The smallest absolute Gasteiger partial charge is 0.414 e. The first kappa shape index (κ1) is 17.6. The summed E-state index contributed by atoms with van der Waals surface area (Å²) in [5, 5.41) is 13.8. The molecular weight excluding hydrogens is 365 g/mol. The summed E-state index contributed by atoms with van der Waals surface area (Å²) in [7, 11) is 0. The summed E-state index contributed by atoms with van der Waals surface area (Å²) >= 11 is 0. The van der Waals surface area contributed by atoms with Gasteiger partial charge in [-0.3, -0.25) is 4.90 Å². The van der Waals surface area contributed by atoms with Gasteiger partial charge in [0.1, 0.15) is 18.2 Å². The first-order valence-corrected chi connectivity index (χ1v) is 8.47. The highest BCUT2D eigenvalue weighted by Gasteiger charge is 2.32. The molecule has 3 heterocycles. The number of carbonyl (C=O) groups excluding carboxylic acids is 1. The van der Waals surface area contributed by atoms with Crippen molar-refractivity contribution in [2.75, 3.05) is 18.0 Å². The Kier molecular flexibility index (Phi) is 4.67. The van der Waals surface area contributed by atoms with Gasteiger partial charge in [0.25, 0.3) is 0 Å². The molecule has 1 aliphatic rings. The molecule has 28 heavy (non-hydrogen) atoms. The average molecular weight is 381 g/mol. The Hall–Kier alpha value is -3.82. The zero-order chi connectivity index (χ0) is 19.5. The maximum absolute atomic E-state index is 14.7. The first-order valence-electron chi connectivity index (χ1n) is 8.47. The zero-order valence-corrected chi connectivity index (χ0v) is 14.7. The summed E-state index contributed by atoms with van der Waals surface area (Å²) in [6, 6.07) is 8.02. The van der Waals surface area contributed by atoms with Gasteiger partial charge in [0.05, 0.1) is 18.8 Å². The van der Waals surface area contributed by atoms with E-state index in [2.05, 4.69) is 32.4 Å². The summed E-state index contributed by atoms with van der Waals surface area (Å²) in [6.07, 6.45) is 3.66. The Morgan fingerprint density at radius 2 is 2.25 bits per heavy atom. The molecule has 142 valence electrons. The second kappa shape index (κ2) is 7.43. The molecule has 1 aromatic carbocycles. The van der Waals surface area contributed by atoms with Crippen LogP contribution >= 0.6 is 0 Å². The van der Waals surface area contributed by atoms with Crippen LogP contribution in [0, 0.1) is 5.82 Å². The number of cyclic esters (lactones) is 1. The molecule has 9 nitrogen and oxygen atoms in total. The number of hydrogen-bond acceptors (Lipinski definition) is 7. The number of rotatable bonds is 6. The second-order valence-electron chi connectivity index (χ2n) is 6.05. The van der Waals surface area contributed by atoms with Gasteiger partial charge < -0.3 is 10.1 Å². The van der Waals surface area contributed by atoms with Gasteiger partial charge in [0, 0.05) is 17.3 Å². The van der Waals surface area contributed by atoms with Crippen molar-refractivity contribution in [3.63, 3.8) is 0 Å². The number of benzene rings is 1. The quantitative estimate of drug-likeness (QED) is 0.697. The number of amides is 1. The minimum Gasteiger partial charge on any atom is -0.442 e. The molecular formula is C18H16FN7O2. The number of nitrogens with zero attached hydrogens (tertiary/aromatic N) is 6. The van der Waals surface area contributed by atoms with E-state index in [0.717, 1.165) is 0 Å². The molecule has 0 saturated carbocycles. The average Bonchev–Trinajstić information content (AvgIpc) is 3.36. The minimum absolute atomic E-state index is 0.323. The maximum Gasteiger partial charge on any atom is 0.414 e. The van der Waals surface area contributed by atoms with Crippen molar-refractivity contribution in [2.24, 2.45) is 0 Å². The van der Waals surface area contributed by atoms with Crippen LogP contribution in [0.1, 0.15) is 0 Å². The van der Waals surface area contributed by atoms with Crippen LogP contribution in [0.4, 0.5) is 14.9 Å². The minimum atomic E-state index is -0.504. The second-order valence-corrected chi connectivity index (χ2v) is 6.05. The number of ether oxygens (including phenoxy) is 1. The first-order chi connectivity index (χ1) is 13.7. The molecule has 0 bridgehead atoms. The van der Waals surface area contributed by atoms with E-state index in [9.17, 15) is 9.18 Å². The third-order valence-corrected chi connectivity index (χ3v) is 4.27. The highest BCUT2D eigenvalue weighted by molar-refractivity contribution is 5.90. The predicted molar refractivity (Wildman–Crippen MR) is 98.2 cm³/mol. The van der Waals surface area contributed by atoms with Crippen LogP contribution in [0.25, 0.3) is 16.9 Å². The number of pyridine rings is 1. The zero-order valence-electron chi connectivity index (χ0n) is 14.7. The van der Waals surface area contributed by atoms with Crippen LogP contribution in [0.3, 0.4) is 0 Å². The number of aromatic nitrogens is 5. The van der Waals surface area contributed by atoms with Crippen molar-refractivity contribution in [2.45, 2.75) is 6.10 Å². The standard InChI is InChI=1S/C18H16FN7O2/c1-2-20-9-14-10-25(18(27)28-14)13-4-5-15(16(19)7-13)12-3-6-17(21-8-12)26-11-22-23-24-26/h2-8,11,14,20H,1,9-10H2/t14-/m0/s1. The van der Waals surface area contributed by atoms with E-state index in [-0.39, 0.29) is 6.10 Å². The van der Waals surface area contributed by atoms with E-state index >= 15 is 0 Å². The van der Waals surface area contributed by atoms with Crippen LogP contribution in [-0.4, -0.2) is 50.5 Å². The lowest BCUT2D eigenvalue weighted by atomic mass is 10.1. The summed E-state index contributed by atoms with van der Waals surface area (Å²) in [5.41, 5.74) is 1.40. The fraction of sp³-hybridized carbons (Fsp3) is 0.167. The van der Waals surface area contributed by atoms with Crippen molar-refractivity contribution in [1.82, 2.24) is 30.5 Å². The van der Waals surface area contributed by atoms with Crippen molar-refractivity contribution in [3.8, 4) is 16.9 Å². The fourth-order valence-electron chi connectivity index (χ4n) is 2.91. The monoisotopic (exact) mass is 381 g/mol. The number of carbonyl (C=O) groups is 1. The molecule has 0 unspecified atom stereocenters. The van der Waals surface area contributed by atoms with E-state index in [1.165, 1.54) is 34.4 Å². The van der Waals surface area contributed by atoms with Gasteiger partial charge in [0.15, 0.2) is 5.82 Å². The van der Waals surface area contributed by atoms with E-state index in [1.54, 1.807) is 24.3 Å². The predicted octanol–water partition coefficient (Wildman–Crippen LogP) is 1.92. The summed E-state index contributed by atoms with van der Waals surface area (Å²) in [6.45, 7) is 4.34. The largest absolute Gasteiger partial charge is 0.442 e. The lowest BCUT2D eigenvalue weighted by molar-refractivity contribution is 0.142. The molecule has 1 fully saturated rings. The third kappa shape index (κ3) is 3.39. The Morgan fingerprint density at radius 1 is 1.36 bits per heavy atom. The fourth-order valence-corrected chi connectivity index (χ4v) is 2.91. The molecule has 4 rings (SSSR count). The molecule has 3 aromatic rings. The van der Waals surface area contributed by atoms with Crippen LogP contribution in [0.15, 0.2) is 55.6 Å². The summed E-state index contributed by atoms with van der Waals surface area (Å²) in [4.78, 5) is 17.7. The van der Waals surface area contributed by atoms with Gasteiger partial charge in [-0.15, -0.1) is 5.10 Å². The molecule has 0 spiro atoms. The Balaban J connectivity index is 1.53. The number of anilines is 1. The lowest BCUT2D eigenvalue weighted by Gasteiger charge is -2.14. The van der Waals surface area contributed by atoms with Gasteiger partial charge in [-0.05, 0) is 47.0 Å². The van der Waals surface area contributed by atoms with Crippen LogP contribution in [0.5, 0.6) is 0 Å².